The van der Waals surface area contributed by atoms with E-state index in [1.807, 2.05) is 30.3 Å². The predicted octanol–water partition coefficient (Wildman–Crippen LogP) is 3.45. The Morgan fingerprint density at radius 3 is 2.22 bits per heavy atom. The van der Waals surface area contributed by atoms with Crippen molar-refractivity contribution in [2.24, 2.45) is 0 Å². The molecule has 0 aliphatic rings. The van der Waals surface area contributed by atoms with Gasteiger partial charge in [0.1, 0.15) is 5.75 Å². The number of methoxy groups -OCH3 is 1. The monoisotopic (exact) mass is 242 g/mol. The number of hydrogen-bond donors (Lipinski definition) is 0. The third-order valence-electron chi connectivity index (χ3n) is 2.81. The first-order chi connectivity index (χ1) is 8.88. The van der Waals surface area contributed by atoms with Crippen molar-refractivity contribution in [3.63, 3.8) is 0 Å². The minimum absolute atomic E-state index is 0.678. The summed E-state index contributed by atoms with van der Waals surface area (Å²) >= 11 is 0. The molecule has 18 heavy (non-hydrogen) atoms. The molecule has 2 aromatic rings. The Hall–Kier alpha value is -1.80. The summed E-state index contributed by atoms with van der Waals surface area (Å²) in [4.78, 5) is 0. The van der Waals surface area contributed by atoms with E-state index in [0.717, 1.165) is 18.8 Å². The molecule has 0 atom stereocenters. The van der Waals surface area contributed by atoms with Crippen molar-refractivity contribution >= 4 is 0 Å². The van der Waals surface area contributed by atoms with Gasteiger partial charge in [-0.25, -0.2) is 0 Å². The van der Waals surface area contributed by atoms with Crippen LogP contribution in [0.3, 0.4) is 0 Å². The number of rotatable bonds is 6. The van der Waals surface area contributed by atoms with Crippen LogP contribution in [0.2, 0.25) is 0 Å². The predicted molar refractivity (Wildman–Crippen MR) is 72.8 cm³/mol. The van der Waals surface area contributed by atoms with Gasteiger partial charge >= 0.3 is 0 Å². The standard InChI is InChI=1S/C16H18O2/c1-17-16-9-7-14(8-10-16)11-12-18-13-15-5-3-2-4-6-15/h2-10H,11-13H2,1H3. The van der Waals surface area contributed by atoms with E-state index >= 15 is 0 Å². The fourth-order valence-corrected chi connectivity index (χ4v) is 1.75. The number of benzene rings is 2. The maximum Gasteiger partial charge on any atom is 0.118 e. The van der Waals surface area contributed by atoms with Crippen molar-refractivity contribution in [3.05, 3.63) is 65.7 Å². The average molecular weight is 242 g/mol. The van der Waals surface area contributed by atoms with Crippen LogP contribution < -0.4 is 4.74 Å². The van der Waals surface area contributed by atoms with Crippen LogP contribution in [0.15, 0.2) is 54.6 Å². The summed E-state index contributed by atoms with van der Waals surface area (Å²) in [5.41, 5.74) is 2.48. The van der Waals surface area contributed by atoms with Gasteiger partial charge in [-0.05, 0) is 29.7 Å². The largest absolute Gasteiger partial charge is 0.497 e. The van der Waals surface area contributed by atoms with Crippen LogP contribution >= 0.6 is 0 Å². The number of hydrogen-bond acceptors (Lipinski definition) is 2. The molecule has 0 aliphatic heterocycles. The van der Waals surface area contributed by atoms with Gasteiger partial charge < -0.3 is 9.47 Å². The Bertz CT molecular complexity index is 448. The average Bonchev–Trinajstić information content (AvgIpc) is 2.45. The van der Waals surface area contributed by atoms with E-state index in [2.05, 4.69) is 24.3 Å². The van der Waals surface area contributed by atoms with E-state index in [0.29, 0.717) is 6.61 Å². The second-order valence-corrected chi connectivity index (χ2v) is 4.14. The van der Waals surface area contributed by atoms with Gasteiger partial charge in [0.25, 0.3) is 0 Å². The van der Waals surface area contributed by atoms with Gasteiger partial charge in [0.05, 0.1) is 20.3 Å². The third kappa shape index (κ3) is 3.90. The molecule has 0 aliphatic carbocycles. The minimum atomic E-state index is 0.678. The molecule has 0 aromatic heterocycles. The van der Waals surface area contributed by atoms with Crippen LogP contribution in [0.1, 0.15) is 11.1 Å². The van der Waals surface area contributed by atoms with Crippen molar-refractivity contribution in [2.45, 2.75) is 13.0 Å². The lowest BCUT2D eigenvalue weighted by Crippen LogP contribution is -1.99. The molecule has 0 fully saturated rings. The molecule has 2 rings (SSSR count). The van der Waals surface area contributed by atoms with Gasteiger partial charge in [0.15, 0.2) is 0 Å². The smallest absolute Gasteiger partial charge is 0.118 e. The van der Waals surface area contributed by atoms with Crippen LogP contribution in [-0.2, 0) is 17.8 Å². The summed E-state index contributed by atoms with van der Waals surface area (Å²) in [5, 5.41) is 0. The Morgan fingerprint density at radius 2 is 1.56 bits per heavy atom. The molecule has 0 spiro atoms. The lowest BCUT2D eigenvalue weighted by Gasteiger charge is -2.05. The Labute approximate surface area is 108 Å². The van der Waals surface area contributed by atoms with Crippen molar-refractivity contribution < 1.29 is 9.47 Å². The summed E-state index contributed by atoms with van der Waals surface area (Å²) in [6, 6.07) is 18.3. The third-order valence-corrected chi connectivity index (χ3v) is 2.81. The molecule has 94 valence electrons. The first-order valence-corrected chi connectivity index (χ1v) is 6.13. The molecular formula is C16H18O2. The molecule has 2 nitrogen and oxygen atoms in total. The van der Waals surface area contributed by atoms with Crippen molar-refractivity contribution in [1.29, 1.82) is 0 Å². The van der Waals surface area contributed by atoms with Gasteiger partial charge in [0, 0.05) is 0 Å². The first kappa shape index (κ1) is 12.7. The van der Waals surface area contributed by atoms with Gasteiger partial charge in [-0.2, -0.15) is 0 Å². The minimum Gasteiger partial charge on any atom is -0.497 e. The lowest BCUT2D eigenvalue weighted by atomic mass is 10.1. The zero-order chi connectivity index (χ0) is 12.6. The Morgan fingerprint density at radius 1 is 0.833 bits per heavy atom. The van der Waals surface area contributed by atoms with Crippen molar-refractivity contribution in [1.82, 2.24) is 0 Å². The number of ether oxygens (including phenoxy) is 2. The fourth-order valence-electron chi connectivity index (χ4n) is 1.75. The molecule has 2 heteroatoms. The van der Waals surface area contributed by atoms with Crippen LogP contribution in [0.4, 0.5) is 0 Å². The lowest BCUT2D eigenvalue weighted by molar-refractivity contribution is 0.124. The highest BCUT2D eigenvalue weighted by Crippen LogP contribution is 2.11. The zero-order valence-electron chi connectivity index (χ0n) is 10.6. The zero-order valence-corrected chi connectivity index (χ0v) is 10.6. The molecule has 0 heterocycles. The van der Waals surface area contributed by atoms with Gasteiger partial charge in [-0.1, -0.05) is 42.5 Å². The molecule has 0 unspecified atom stereocenters. The summed E-state index contributed by atoms with van der Waals surface area (Å²) in [6.07, 6.45) is 0.927. The van der Waals surface area contributed by atoms with Crippen LogP contribution in [0.25, 0.3) is 0 Å². The van der Waals surface area contributed by atoms with E-state index < -0.39 is 0 Å². The van der Waals surface area contributed by atoms with Gasteiger partial charge in [-0.3, -0.25) is 0 Å². The van der Waals surface area contributed by atoms with Crippen molar-refractivity contribution in [3.8, 4) is 5.75 Å². The normalized spacial score (nSPS) is 10.3. The highest BCUT2D eigenvalue weighted by Gasteiger charge is 1.96. The molecular weight excluding hydrogens is 224 g/mol. The second kappa shape index (κ2) is 6.82. The topological polar surface area (TPSA) is 18.5 Å². The molecule has 0 N–H and O–H groups in total. The summed E-state index contributed by atoms with van der Waals surface area (Å²) in [7, 11) is 1.68. The summed E-state index contributed by atoms with van der Waals surface area (Å²) in [6.45, 7) is 1.41. The maximum absolute atomic E-state index is 5.65. The highest BCUT2D eigenvalue weighted by atomic mass is 16.5. The second-order valence-electron chi connectivity index (χ2n) is 4.14. The van der Waals surface area contributed by atoms with E-state index in [1.165, 1.54) is 11.1 Å². The van der Waals surface area contributed by atoms with Crippen LogP contribution in [0.5, 0.6) is 5.75 Å². The quantitative estimate of drug-likeness (QED) is 0.722. The van der Waals surface area contributed by atoms with Gasteiger partial charge in [-0.15, -0.1) is 0 Å². The van der Waals surface area contributed by atoms with Gasteiger partial charge in [0.2, 0.25) is 0 Å². The van der Waals surface area contributed by atoms with E-state index in [1.54, 1.807) is 7.11 Å². The summed E-state index contributed by atoms with van der Waals surface area (Å²) in [5.74, 6) is 0.893. The first-order valence-electron chi connectivity index (χ1n) is 6.13. The van der Waals surface area contributed by atoms with E-state index in [4.69, 9.17) is 9.47 Å². The molecule has 0 bridgehead atoms. The Kier molecular flexibility index (Phi) is 4.79. The highest BCUT2D eigenvalue weighted by molar-refractivity contribution is 5.27. The molecule has 0 saturated carbocycles. The Balaban J connectivity index is 1.72. The summed E-state index contributed by atoms with van der Waals surface area (Å²) < 4.78 is 10.8. The SMILES string of the molecule is COc1ccc(CCOCc2ccccc2)cc1. The van der Waals surface area contributed by atoms with Crippen LogP contribution in [0, 0.1) is 0 Å². The van der Waals surface area contributed by atoms with Crippen LogP contribution in [-0.4, -0.2) is 13.7 Å². The molecule has 0 radical (unpaired) electrons. The maximum atomic E-state index is 5.65. The van der Waals surface area contributed by atoms with E-state index in [-0.39, 0.29) is 0 Å². The van der Waals surface area contributed by atoms with Crippen molar-refractivity contribution in [2.75, 3.05) is 13.7 Å². The molecule has 0 saturated heterocycles. The molecule has 2 aromatic carbocycles. The molecule has 0 amide bonds. The fraction of sp³-hybridized carbons (Fsp3) is 0.250. The van der Waals surface area contributed by atoms with E-state index in [9.17, 15) is 0 Å².